The lowest BCUT2D eigenvalue weighted by Crippen LogP contribution is -2.47. The van der Waals surface area contributed by atoms with E-state index in [0.717, 1.165) is 16.7 Å². The highest BCUT2D eigenvalue weighted by Gasteiger charge is 2.43. The molecule has 0 bridgehead atoms. The molecule has 0 spiro atoms. The van der Waals surface area contributed by atoms with E-state index < -0.39 is 35.3 Å². The summed E-state index contributed by atoms with van der Waals surface area (Å²) in [4.78, 5) is 26.6. The number of ether oxygens (including phenoxy) is 4. The molecule has 2 N–H and O–H groups in total. The van der Waals surface area contributed by atoms with Crippen LogP contribution in [-0.4, -0.2) is 47.7 Å². The largest absolute Gasteiger partial charge is 0.497 e. The molecule has 0 radical (unpaired) electrons. The van der Waals surface area contributed by atoms with Crippen LogP contribution in [0.25, 0.3) is 0 Å². The summed E-state index contributed by atoms with van der Waals surface area (Å²) in [7, 11) is 3.23. The highest BCUT2D eigenvalue weighted by atomic mass is 16.6. The van der Waals surface area contributed by atoms with Gasteiger partial charge in [0.15, 0.2) is 6.23 Å². The minimum Gasteiger partial charge on any atom is -0.497 e. The molecule has 1 aliphatic rings. The molecule has 0 aliphatic carbocycles. The predicted molar refractivity (Wildman–Crippen MR) is 149 cm³/mol. The van der Waals surface area contributed by atoms with Gasteiger partial charge in [-0.05, 0) is 47.9 Å². The highest BCUT2D eigenvalue weighted by Crippen LogP contribution is 2.44. The van der Waals surface area contributed by atoms with Gasteiger partial charge in [-0.3, -0.25) is 14.3 Å². The van der Waals surface area contributed by atoms with Crippen molar-refractivity contribution in [3.05, 3.63) is 128 Å². The quantitative estimate of drug-likeness (QED) is 0.327. The normalized spacial score (nSPS) is 19.2. The van der Waals surface area contributed by atoms with Crippen LogP contribution in [0.3, 0.4) is 0 Å². The zero-order valence-corrected chi connectivity index (χ0v) is 22.6. The maximum atomic E-state index is 12.5. The van der Waals surface area contributed by atoms with E-state index >= 15 is 0 Å². The molecule has 1 aromatic heterocycles. The first-order valence-corrected chi connectivity index (χ1v) is 13.0. The molecule has 5 rings (SSSR count). The van der Waals surface area contributed by atoms with Crippen LogP contribution in [0.2, 0.25) is 0 Å². The van der Waals surface area contributed by atoms with E-state index in [1.54, 1.807) is 21.1 Å². The van der Waals surface area contributed by atoms with Crippen molar-refractivity contribution in [2.75, 3.05) is 20.8 Å². The summed E-state index contributed by atoms with van der Waals surface area (Å²) in [5, 5.41) is 11.1. The fourth-order valence-corrected chi connectivity index (χ4v) is 5.17. The van der Waals surface area contributed by atoms with Crippen molar-refractivity contribution in [1.29, 1.82) is 0 Å². The second-order valence-corrected chi connectivity index (χ2v) is 9.75. The fourth-order valence-electron chi connectivity index (χ4n) is 5.17. The Balaban J connectivity index is 1.56. The van der Waals surface area contributed by atoms with Gasteiger partial charge in [-0.2, -0.15) is 0 Å². The first-order valence-electron chi connectivity index (χ1n) is 13.0. The van der Waals surface area contributed by atoms with Crippen LogP contribution in [0.1, 0.15) is 34.9 Å². The number of hydrogen-bond donors (Lipinski definition) is 2. The lowest BCUT2D eigenvalue weighted by atomic mass is 9.79. The molecule has 3 atom stereocenters. The minimum absolute atomic E-state index is 0.104. The topological polar surface area (TPSA) is 112 Å². The summed E-state index contributed by atoms with van der Waals surface area (Å²) in [6.07, 6.45) is -0.983. The third kappa shape index (κ3) is 5.19. The van der Waals surface area contributed by atoms with Gasteiger partial charge >= 0.3 is 5.69 Å². The molecular weight excluding hydrogens is 512 g/mol. The van der Waals surface area contributed by atoms with Crippen LogP contribution in [0.4, 0.5) is 0 Å². The van der Waals surface area contributed by atoms with Gasteiger partial charge in [0.25, 0.3) is 5.56 Å². The average molecular weight is 545 g/mol. The molecular formula is C31H32N2O7. The van der Waals surface area contributed by atoms with E-state index in [1.807, 2.05) is 78.9 Å². The third-order valence-corrected chi connectivity index (χ3v) is 7.22. The zero-order chi connectivity index (χ0) is 28.3. The Morgan fingerprint density at radius 3 is 1.95 bits per heavy atom. The first-order chi connectivity index (χ1) is 19.3. The van der Waals surface area contributed by atoms with E-state index in [1.165, 1.54) is 10.8 Å². The van der Waals surface area contributed by atoms with Crippen LogP contribution in [0.15, 0.2) is 94.6 Å². The zero-order valence-electron chi connectivity index (χ0n) is 22.6. The molecule has 40 heavy (non-hydrogen) atoms. The Morgan fingerprint density at radius 2 is 1.43 bits per heavy atom. The minimum atomic E-state index is -1.08. The van der Waals surface area contributed by atoms with Gasteiger partial charge in [0.2, 0.25) is 0 Å². The number of aliphatic hydroxyl groups excluding tert-OH is 1. The maximum absolute atomic E-state index is 12.5. The van der Waals surface area contributed by atoms with Gasteiger partial charge in [-0.15, -0.1) is 0 Å². The Bertz CT molecular complexity index is 1500. The number of methoxy groups -OCH3 is 2. The summed E-state index contributed by atoms with van der Waals surface area (Å²) >= 11 is 0. The number of aromatic nitrogens is 2. The summed E-state index contributed by atoms with van der Waals surface area (Å²) in [5.41, 5.74) is 0.743. The van der Waals surface area contributed by atoms with Crippen molar-refractivity contribution in [2.45, 2.75) is 37.4 Å². The van der Waals surface area contributed by atoms with Gasteiger partial charge in [0.1, 0.15) is 23.2 Å². The van der Waals surface area contributed by atoms with E-state index in [-0.39, 0.29) is 13.0 Å². The highest BCUT2D eigenvalue weighted by molar-refractivity contribution is 5.49. The van der Waals surface area contributed by atoms with E-state index in [2.05, 4.69) is 4.98 Å². The molecule has 3 aromatic carbocycles. The number of rotatable bonds is 8. The monoisotopic (exact) mass is 544 g/mol. The standard InChI is InChI=1S/C31H32N2O7/c1-20-18-33(30(36)32-28(20)35)29-27(34)17-26(19-39-29)40-31(21-7-5-4-6-8-21,22-9-13-24(37-2)14-10-22)23-11-15-25(38-3)16-12-23/h4-16,18,26-27,29,34H,17,19H2,1-3H3,(H,32,35,36)/t26-,27+,29+/m0/s1. The van der Waals surface area contributed by atoms with Crippen LogP contribution < -0.4 is 20.7 Å². The number of nitrogens with one attached hydrogen (secondary N) is 1. The van der Waals surface area contributed by atoms with Crippen molar-refractivity contribution in [1.82, 2.24) is 9.55 Å². The fraction of sp³-hybridized carbons (Fsp3) is 0.290. The smallest absolute Gasteiger partial charge is 0.330 e. The van der Waals surface area contributed by atoms with Gasteiger partial charge in [-0.1, -0.05) is 54.6 Å². The predicted octanol–water partition coefficient (Wildman–Crippen LogP) is 3.52. The first kappa shape index (κ1) is 27.4. The van der Waals surface area contributed by atoms with Crippen molar-refractivity contribution >= 4 is 0 Å². The number of aryl methyl sites for hydroxylation is 1. The van der Waals surface area contributed by atoms with E-state index in [0.29, 0.717) is 17.1 Å². The van der Waals surface area contributed by atoms with Crippen LogP contribution in [-0.2, 0) is 15.1 Å². The Hall–Kier alpha value is -4.18. The second-order valence-electron chi connectivity index (χ2n) is 9.75. The summed E-state index contributed by atoms with van der Waals surface area (Å²) < 4.78 is 25.0. The van der Waals surface area contributed by atoms with Gasteiger partial charge < -0.3 is 24.1 Å². The molecule has 0 saturated carbocycles. The van der Waals surface area contributed by atoms with Gasteiger partial charge in [0.05, 0.1) is 26.9 Å². The number of benzene rings is 3. The molecule has 1 saturated heterocycles. The number of hydrogen-bond acceptors (Lipinski definition) is 7. The van der Waals surface area contributed by atoms with Crippen LogP contribution in [0.5, 0.6) is 11.5 Å². The Labute approximate surface area is 231 Å². The molecule has 208 valence electrons. The van der Waals surface area contributed by atoms with E-state index in [4.69, 9.17) is 18.9 Å². The van der Waals surface area contributed by atoms with Crippen molar-refractivity contribution in [3.8, 4) is 11.5 Å². The lowest BCUT2D eigenvalue weighted by Gasteiger charge is -2.42. The maximum Gasteiger partial charge on any atom is 0.330 e. The molecule has 1 fully saturated rings. The summed E-state index contributed by atoms with van der Waals surface area (Å²) in [6, 6.07) is 25.2. The molecule has 2 heterocycles. The average Bonchev–Trinajstić information content (AvgIpc) is 2.99. The van der Waals surface area contributed by atoms with Crippen LogP contribution >= 0.6 is 0 Å². The number of H-pyrrole nitrogens is 1. The molecule has 9 heteroatoms. The van der Waals surface area contributed by atoms with Gasteiger partial charge in [0, 0.05) is 18.2 Å². The molecule has 9 nitrogen and oxygen atoms in total. The van der Waals surface area contributed by atoms with Crippen molar-refractivity contribution < 1.29 is 24.1 Å². The Kier molecular flexibility index (Phi) is 7.88. The number of aromatic amines is 1. The van der Waals surface area contributed by atoms with Gasteiger partial charge in [-0.25, -0.2) is 4.79 Å². The SMILES string of the molecule is COc1ccc(C(O[C@@H]2CO[C@@H](n3cc(C)c(=O)[nH]c3=O)[C@H](O)C2)(c2ccccc2)c2ccc(OC)cc2)cc1. The molecule has 0 unspecified atom stereocenters. The molecule has 0 amide bonds. The third-order valence-electron chi connectivity index (χ3n) is 7.22. The number of aliphatic hydroxyl groups is 1. The molecule has 4 aromatic rings. The van der Waals surface area contributed by atoms with E-state index in [9.17, 15) is 14.7 Å². The molecule has 1 aliphatic heterocycles. The lowest BCUT2D eigenvalue weighted by molar-refractivity contribution is -0.190. The summed E-state index contributed by atoms with van der Waals surface area (Å²) in [6.45, 7) is 1.70. The van der Waals surface area contributed by atoms with Crippen molar-refractivity contribution in [3.63, 3.8) is 0 Å². The summed E-state index contributed by atoms with van der Waals surface area (Å²) in [5.74, 6) is 1.42. The second kappa shape index (κ2) is 11.5. The Morgan fingerprint density at radius 1 is 0.875 bits per heavy atom. The number of nitrogens with zero attached hydrogens (tertiary/aromatic N) is 1. The van der Waals surface area contributed by atoms with Crippen molar-refractivity contribution in [2.24, 2.45) is 0 Å². The van der Waals surface area contributed by atoms with Crippen LogP contribution in [0, 0.1) is 6.92 Å².